The molecule has 0 bridgehead atoms. The van der Waals surface area contributed by atoms with E-state index in [-0.39, 0.29) is 35.2 Å². The molecule has 66 valence electrons. The summed E-state index contributed by atoms with van der Waals surface area (Å²) in [5.41, 5.74) is 16.2. The minimum Gasteiger partial charge on any atom is -0.503 e. The lowest BCUT2D eigenvalue weighted by atomic mass is 10.2. The Balaban J connectivity index is 3.39. The molecule has 1 heterocycles. The molecule has 0 unspecified atom stereocenters. The van der Waals surface area contributed by atoms with Crippen LogP contribution in [0.25, 0.3) is 0 Å². The van der Waals surface area contributed by atoms with E-state index in [4.69, 9.17) is 27.4 Å². The zero-order valence-corrected chi connectivity index (χ0v) is 6.28. The molecule has 8 N–H and O–H groups in total. The van der Waals surface area contributed by atoms with Crippen LogP contribution in [0.4, 0.5) is 17.2 Å². The first-order chi connectivity index (χ1) is 5.57. The predicted octanol–water partition coefficient (Wildman–Crippen LogP) is -0.974. The predicted molar refractivity (Wildman–Crippen MR) is 45.1 cm³/mol. The van der Waals surface area contributed by atoms with Crippen LogP contribution in [0, 0.1) is 0 Å². The molecule has 1 aromatic rings. The number of rotatable bonds is 1. The molecule has 0 radical (unpaired) electrons. The zero-order valence-electron chi connectivity index (χ0n) is 6.28. The number of anilines is 3. The van der Waals surface area contributed by atoms with Gasteiger partial charge in [-0.1, -0.05) is 0 Å². The second-order valence-corrected chi connectivity index (χ2v) is 2.28. The summed E-state index contributed by atoms with van der Waals surface area (Å²) in [4.78, 5) is 3.62. The van der Waals surface area contributed by atoms with Crippen LogP contribution < -0.4 is 17.2 Å². The van der Waals surface area contributed by atoms with Crippen molar-refractivity contribution in [3.63, 3.8) is 0 Å². The van der Waals surface area contributed by atoms with E-state index in [2.05, 4.69) is 4.98 Å². The molecule has 1 rings (SSSR count). The smallest absolute Gasteiger partial charge is 0.183 e. The van der Waals surface area contributed by atoms with E-state index < -0.39 is 0 Å². The SMILES string of the molecule is Nc1nc(CO)c(N)c(N)c1O. The maximum atomic E-state index is 9.13. The van der Waals surface area contributed by atoms with Crippen LogP contribution in [-0.4, -0.2) is 15.2 Å². The summed E-state index contributed by atoms with van der Waals surface area (Å²) in [7, 11) is 0. The van der Waals surface area contributed by atoms with E-state index in [1.165, 1.54) is 0 Å². The van der Waals surface area contributed by atoms with Crippen LogP contribution >= 0.6 is 0 Å². The fraction of sp³-hybridized carbons (Fsp3) is 0.167. The number of nitrogens with zero attached hydrogens (tertiary/aromatic N) is 1. The molecule has 0 aromatic carbocycles. The van der Waals surface area contributed by atoms with Crippen molar-refractivity contribution in [3.8, 4) is 5.75 Å². The highest BCUT2D eigenvalue weighted by Crippen LogP contribution is 2.32. The van der Waals surface area contributed by atoms with Gasteiger partial charge in [0.1, 0.15) is 5.69 Å². The normalized spacial score (nSPS) is 10.1. The van der Waals surface area contributed by atoms with Crippen LogP contribution in [0.15, 0.2) is 0 Å². The van der Waals surface area contributed by atoms with E-state index in [1.807, 2.05) is 0 Å². The van der Waals surface area contributed by atoms with Crippen LogP contribution in [0.2, 0.25) is 0 Å². The van der Waals surface area contributed by atoms with Gasteiger partial charge in [0.2, 0.25) is 0 Å². The van der Waals surface area contributed by atoms with Gasteiger partial charge in [0.05, 0.1) is 18.0 Å². The first-order valence-electron chi connectivity index (χ1n) is 3.21. The fourth-order valence-electron chi connectivity index (χ4n) is 0.800. The fourth-order valence-corrected chi connectivity index (χ4v) is 0.800. The van der Waals surface area contributed by atoms with E-state index >= 15 is 0 Å². The van der Waals surface area contributed by atoms with Crippen LogP contribution in [0.3, 0.4) is 0 Å². The lowest BCUT2D eigenvalue weighted by molar-refractivity contribution is 0.277. The standard InChI is InChI=1S/C6H10N4O2/c7-3-2(1-11)10-6(9)5(12)4(3)8/h11-12H,1,7H2,(H4,8,9,10). The largest absolute Gasteiger partial charge is 0.503 e. The van der Waals surface area contributed by atoms with Crippen molar-refractivity contribution in [2.45, 2.75) is 6.61 Å². The summed E-state index contributed by atoms with van der Waals surface area (Å²) in [6.45, 7) is -0.361. The zero-order chi connectivity index (χ0) is 9.30. The Morgan fingerprint density at radius 2 is 1.75 bits per heavy atom. The van der Waals surface area contributed by atoms with Gasteiger partial charge in [-0.25, -0.2) is 4.98 Å². The quantitative estimate of drug-likeness (QED) is 0.368. The number of aliphatic hydroxyl groups is 1. The Labute approximate surface area is 68.6 Å². The highest BCUT2D eigenvalue weighted by molar-refractivity contribution is 5.77. The van der Waals surface area contributed by atoms with E-state index in [1.54, 1.807) is 0 Å². The summed E-state index contributed by atoms with van der Waals surface area (Å²) in [6.07, 6.45) is 0. The Kier molecular flexibility index (Phi) is 1.92. The van der Waals surface area contributed by atoms with Gasteiger partial charge in [-0.3, -0.25) is 0 Å². The second-order valence-electron chi connectivity index (χ2n) is 2.28. The summed E-state index contributed by atoms with van der Waals surface area (Å²) < 4.78 is 0. The third-order valence-corrected chi connectivity index (χ3v) is 1.50. The molecule has 12 heavy (non-hydrogen) atoms. The van der Waals surface area contributed by atoms with Gasteiger partial charge in [-0.15, -0.1) is 0 Å². The Morgan fingerprint density at radius 3 is 2.25 bits per heavy atom. The molecule has 6 heteroatoms. The number of nitrogens with two attached hydrogens (primary N) is 3. The number of hydrogen-bond donors (Lipinski definition) is 5. The average Bonchev–Trinajstić information content (AvgIpc) is 2.08. The molecule has 0 aliphatic heterocycles. The third kappa shape index (κ3) is 1.08. The first-order valence-corrected chi connectivity index (χ1v) is 3.21. The summed E-state index contributed by atoms with van der Waals surface area (Å²) in [6, 6.07) is 0. The molecule has 0 aliphatic rings. The molecular weight excluding hydrogens is 160 g/mol. The number of aliphatic hydroxyl groups excluding tert-OH is 1. The third-order valence-electron chi connectivity index (χ3n) is 1.50. The number of aromatic hydroxyl groups is 1. The number of nitrogen functional groups attached to an aromatic ring is 3. The number of pyridine rings is 1. The van der Waals surface area contributed by atoms with Gasteiger partial charge >= 0.3 is 0 Å². The minimum absolute atomic E-state index is 0.0495. The van der Waals surface area contributed by atoms with E-state index in [0.29, 0.717) is 0 Å². The maximum Gasteiger partial charge on any atom is 0.183 e. The molecule has 0 saturated heterocycles. The maximum absolute atomic E-state index is 9.13. The first kappa shape index (κ1) is 8.41. The van der Waals surface area contributed by atoms with Crippen LogP contribution in [-0.2, 0) is 6.61 Å². The van der Waals surface area contributed by atoms with Crippen molar-refractivity contribution in [2.75, 3.05) is 17.2 Å². The van der Waals surface area contributed by atoms with Gasteiger partial charge in [0, 0.05) is 0 Å². The molecule has 1 aromatic heterocycles. The lowest BCUT2D eigenvalue weighted by Gasteiger charge is -2.08. The van der Waals surface area contributed by atoms with Crippen molar-refractivity contribution in [1.29, 1.82) is 0 Å². The van der Waals surface area contributed by atoms with Gasteiger partial charge in [-0.2, -0.15) is 0 Å². The van der Waals surface area contributed by atoms with Crippen LogP contribution in [0.5, 0.6) is 5.75 Å². The minimum atomic E-state index is -0.361. The molecule has 0 fully saturated rings. The van der Waals surface area contributed by atoms with Gasteiger partial charge in [-0.05, 0) is 0 Å². The van der Waals surface area contributed by atoms with Crippen molar-refractivity contribution >= 4 is 17.2 Å². The molecule has 0 spiro atoms. The van der Waals surface area contributed by atoms with Crippen molar-refractivity contribution in [2.24, 2.45) is 0 Å². The van der Waals surface area contributed by atoms with Gasteiger partial charge in [0.25, 0.3) is 0 Å². The Morgan fingerprint density at radius 1 is 1.17 bits per heavy atom. The molecule has 6 nitrogen and oxygen atoms in total. The number of aromatic nitrogens is 1. The van der Waals surface area contributed by atoms with Crippen molar-refractivity contribution < 1.29 is 10.2 Å². The molecule has 0 atom stereocenters. The lowest BCUT2D eigenvalue weighted by Crippen LogP contribution is -2.06. The van der Waals surface area contributed by atoms with Crippen molar-refractivity contribution in [3.05, 3.63) is 5.69 Å². The summed E-state index contributed by atoms with van der Waals surface area (Å²) >= 11 is 0. The highest BCUT2D eigenvalue weighted by atomic mass is 16.3. The molecule has 0 amide bonds. The number of hydrogen-bond acceptors (Lipinski definition) is 6. The second kappa shape index (κ2) is 2.74. The van der Waals surface area contributed by atoms with Gasteiger partial charge in [0.15, 0.2) is 11.6 Å². The topological polar surface area (TPSA) is 131 Å². The van der Waals surface area contributed by atoms with Crippen molar-refractivity contribution in [1.82, 2.24) is 4.98 Å². The molecule has 0 aliphatic carbocycles. The summed E-state index contributed by atoms with van der Waals surface area (Å²) in [5.74, 6) is -0.476. The van der Waals surface area contributed by atoms with Gasteiger partial charge < -0.3 is 27.4 Å². The van der Waals surface area contributed by atoms with Crippen LogP contribution in [0.1, 0.15) is 5.69 Å². The summed E-state index contributed by atoms with van der Waals surface area (Å²) in [5, 5.41) is 17.9. The monoisotopic (exact) mass is 170 g/mol. The Hall–Kier alpha value is -1.69. The Bertz CT molecular complexity index is 313. The highest BCUT2D eigenvalue weighted by Gasteiger charge is 2.11. The molecular formula is C6H10N4O2. The van der Waals surface area contributed by atoms with E-state index in [9.17, 15) is 0 Å². The average molecular weight is 170 g/mol. The molecule has 0 saturated carbocycles. The van der Waals surface area contributed by atoms with E-state index in [0.717, 1.165) is 0 Å².